The van der Waals surface area contributed by atoms with Gasteiger partial charge in [0.2, 0.25) is 0 Å². The van der Waals surface area contributed by atoms with Crippen LogP contribution in [-0.4, -0.2) is 72.2 Å². The summed E-state index contributed by atoms with van der Waals surface area (Å²) in [6.45, 7) is 4.92. The summed E-state index contributed by atoms with van der Waals surface area (Å²) in [5.41, 5.74) is 0.550. The van der Waals surface area contributed by atoms with Gasteiger partial charge in [-0.1, -0.05) is 6.07 Å². The minimum atomic E-state index is -1.12. The average Bonchev–Trinajstić information content (AvgIpc) is 2.80. The maximum atomic E-state index is 12.4. The Morgan fingerprint density at radius 3 is 3.00 bits per heavy atom. The highest BCUT2D eigenvalue weighted by atomic mass is 16.5. The first kappa shape index (κ1) is 16.9. The molecule has 1 unspecified atom stereocenters. The molecule has 6 nitrogen and oxygen atoms in total. The molecular weight excluding hydrogens is 282 g/mol. The molecule has 1 atom stereocenters. The van der Waals surface area contributed by atoms with Crippen LogP contribution in [0, 0.1) is 0 Å². The minimum absolute atomic E-state index is 0.230. The molecule has 1 aliphatic heterocycles. The molecule has 2 heterocycles. The number of aliphatic hydroxyl groups excluding tert-OH is 1. The number of hydrogen-bond donors (Lipinski definition) is 1. The lowest BCUT2D eigenvalue weighted by Crippen LogP contribution is -2.38. The van der Waals surface area contributed by atoms with Crippen LogP contribution < -0.4 is 0 Å². The number of pyridine rings is 1. The van der Waals surface area contributed by atoms with Crippen LogP contribution in [0.15, 0.2) is 24.5 Å². The van der Waals surface area contributed by atoms with Crippen molar-refractivity contribution in [1.29, 1.82) is 0 Å². The summed E-state index contributed by atoms with van der Waals surface area (Å²) in [6.07, 6.45) is 3.98. The van der Waals surface area contributed by atoms with Crippen molar-refractivity contribution >= 4 is 5.91 Å². The van der Waals surface area contributed by atoms with Gasteiger partial charge < -0.3 is 19.6 Å². The Balaban J connectivity index is 1.86. The molecule has 22 heavy (non-hydrogen) atoms. The SMILES string of the molecule is COCCCN1CCCN(C(=O)C(O)c2cccnc2)CC1. The first-order valence-electron chi connectivity index (χ1n) is 7.80. The third-order valence-corrected chi connectivity index (χ3v) is 3.96. The quantitative estimate of drug-likeness (QED) is 0.783. The van der Waals surface area contributed by atoms with E-state index in [1.54, 1.807) is 30.3 Å². The van der Waals surface area contributed by atoms with Gasteiger partial charge in [-0.15, -0.1) is 0 Å². The number of amides is 1. The molecule has 1 saturated heterocycles. The molecule has 1 aromatic rings. The molecule has 1 aliphatic rings. The fourth-order valence-corrected chi connectivity index (χ4v) is 2.70. The number of carbonyl (C=O) groups is 1. The molecule has 122 valence electrons. The standard InChI is InChI=1S/C16H25N3O3/c1-22-12-4-8-18-7-3-9-19(11-10-18)16(21)15(20)14-5-2-6-17-13-14/h2,5-6,13,15,20H,3-4,7-12H2,1H3. The Kier molecular flexibility index (Phi) is 6.76. The molecular formula is C16H25N3O3. The van der Waals surface area contributed by atoms with Crippen molar-refractivity contribution in [3.05, 3.63) is 30.1 Å². The molecule has 0 aliphatic carbocycles. The molecule has 0 saturated carbocycles. The van der Waals surface area contributed by atoms with Crippen LogP contribution in [0.25, 0.3) is 0 Å². The molecule has 0 bridgehead atoms. The topological polar surface area (TPSA) is 65.9 Å². The van der Waals surface area contributed by atoms with E-state index in [0.29, 0.717) is 18.7 Å². The number of aliphatic hydroxyl groups is 1. The highest BCUT2D eigenvalue weighted by molar-refractivity contribution is 5.82. The number of aromatic nitrogens is 1. The van der Waals surface area contributed by atoms with Crippen LogP contribution in [0.2, 0.25) is 0 Å². The average molecular weight is 307 g/mol. The van der Waals surface area contributed by atoms with E-state index < -0.39 is 6.10 Å². The van der Waals surface area contributed by atoms with Crippen molar-refractivity contribution < 1.29 is 14.6 Å². The highest BCUT2D eigenvalue weighted by Crippen LogP contribution is 2.16. The van der Waals surface area contributed by atoms with Gasteiger partial charge in [-0.05, 0) is 25.5 Å². The summed E-state index contributed by atoms with van der Waals surface area (Å²) >= 11 is 0. The van der Waals surface area contributed by atoms with Gasteiger partial charge in [0.05, 0.1) is 0 Å². The highest BCUT2D eigenvalue weighted by Gasteiger charge is 2.25. The van der Waals surface area contributed by atoms with Crippen molar-refractivity contribution in [3.8, 4) is 0 Å². The van der Waals surface area contributed by atoms with E-state index in [0.717, 1.165) is 39.1 Å². The zero-order valence-electron chi connectivity index (χ0n) is 13.1. The van der Waals surface area contributed by atoms with E-state index in [-0.39, 0.29) is 5.91 Å². The number of hydrogen-bond acceptors (Lipinski definition) is 5. The van der Waals surface area contributed by atoms with Crippen molar-refractivity contribution in [1.82, 2.24) is 14.8 Å². The van der Waals surface area contributed by atoms with Gasteiger partial charge in [-0.3, -0.25) is 9.78 Å². The van der Waals surface area contributed by atoms with E-state index in [1.165, 1.54) is 6.20 Å². The van der Waals surface area contributed by atoms with Crippen molar-refractivity contribution in [3.63, 3.8) is 0 Å². The monoisotopic (exact) mass is 307 g/mol. The Morgan fingerprint density at radius 1 is 1.41 bits per heavy atom. The second kappa shape index (κ2) is 8.82. The molecule has 1 fully saturated rings. The Bertz CT molecular complexity index is 455. The largest absolute Gasteiger partial charge is 0.385 e. The van der Waals surface area contributed by atoms with Crippen molar-refractivity contribution in [2.75, 3.05) is 46.4 Å². The van der Waals surface area contributed by atoms with Gasteiger partial charge >= 0.3 is 0 Å². The fraction of sp³-hybridized carbons (Fsp3) is 0.625. The molecule has 1 aromatic heterocycles. The number of carbonyl (C=O) groups excluding carboxylic acids is 1. The van der Waals surface area contributed by atoms with Gasteiger partial charge in [0, 0.05) is 57.9 Å². The molecule has 0 spiro atoms. The summed E-state index contributed by atoms with van der Waals surface area (Å²) in [7, 11) is 1.71. The molecule has 2 rings (SSSR count). The molecule has 0 aromatic carbocycles. The third kappa shape index (κ3) is 4.76. The minimum Gasteiger partial charge on any atom is -0.385 e. The van der Waals surface area contributed by atoms with E-state index in [9.17, 15) is 9.90 Å². The lowest BCUT2D eigenvalue weighted by atomic mass is 10.1. The zero-order valence-corrected chi connectivity index (χ0v) is 13.1. The van der Waals surface area contributed by atoms with E-state index >= 15 is 0 Å². The van der Waals surface area contributed by atoms with Crippen molar-refractivity contribution in [2.45, 2.75) is 18.9 Å². The zero-order chi connectivity index (χ0) is 15.8. The summed E-state index contributed by atoms with van der Waals surface area (Å²) in [5.74, 6) is -0.230. The maximum absolute atomic E-state index is 12.4. The van der Waals surface area contributed by atoms with Gasteiger partial charge in [0.1, 0.15) is 0 Å². The normalized spacial score (nSPS) is 18.0. The molecule has 1 amide bonds. The van der Waals surface area contributed by atoms with E-state index in [2.05, 4.69) is 9.88 Å². The van der Waals surface area contributed by atoms with Crippen LogP contribution in [0.3, 0.4) is 0 Å². The number of nitrogens with zero attached hydrogens (tertiary/aromatic N) is 3. The van der Waals surface area contributed by atoms with Gasteiger partial charge in [-0.2, -0.15) is 0 Å². The second-order valence-electron chi connectivity index (χ2n) is 5.56. The van der Waals surface area contributed by atoms with Crippen LogP contribution in [0.4, 0.5) is 0 Å². The Labute approximate surface area is 131 Å². The molecule has 1 N–H and O–H groups in total. The summed E-state index contributed by atoms with van der Waals surface area (Å²) in [4.78, 5) is 20.5. The molecule has 0 radical (unpaired) electrons. The Morgan fingerprint density at radius 2 is 2.27 bits per heavy atom. The third-order valence-electron chi connectivity index (χ3n) is 3.96. The lowest BCUT2D eigenvalue weighted by molar-refractivity contribution is -0.140. The summed E-state index contributed by atoms with van der Waals surface area (Å²) in [6, 6.07) is 3.45. The summed E-state index contributed by atoms with van der Waals surface area (Å²) in [5, 5.41) is 10.2. The smallest absolute Gasteiger partial charge is 0.256 e. The number of ether oxygens (including phenoxy) is 1. The van der Waals surface area contributed by atoms with Crippen molar-refractivity contribution in [2.24, 2.45) is 0 Å². The van der Waals surface area contributed by atoms with E-state index in [4.69, 9.17) is 4.74 Å². The predicted octanol–water partition coefficient (Wildman–Crippen LogP) is 0.686. The Hall–Kier alpha value is -1.50. The number of rotatable bonds is 6. The van der Waals surface area contributed by atoms with Crippen LogP contribution >= 0.6 is 0 Å². The first-order valence-corrected chi connectivity index (χ1v) is 7.80. The number of methoxy groups -OCH3 is 1. The van der Waals surface area contributed by atoms with Crippen LogP contribution in [0.5, 0.6) is 0 Å². The predicted molar refractivity (Wildman–Crippen MR) is 83.3 cm³/mol. The lowest BCUT2D eigenvalue weighted by Gasteiger charge is -2.24. The summed E-state index contributed by atoms with van der Waals surface area (Å²) < 4.78 is 5.07. The first-order chi connectivity index (χ1) is 10.7. The van der Waals surface area contributed by atoms with Crippen LogP contribution in [-0.2, 0) is 9.53 Å². The second-order valence-corrected chi connectivity index (χ2v) is 5.56. The maximum Gasteiger partial charge on any atom is 0.256 e. The van der Waals surface area contributed by atoms with E-state index in [1.807, 2.05) is 0 Å². The van der Waals surface area contributed by atoms with Gasteiger partial charge in [-0.25, -0.2) is 0 Å². The van der Waals surface area contributed by atoms with Gasteiger partial charge in [0.15, 0.2) is 6.10 Å². The van der Waals surface area contributed by atoms with Gasteiger partial charge in [0.25, 0.3) is 5.91 Å². The molecule has 6 heteroatoms. The fourth-order valence-electron chi connectivity index (χ4n) is 2.70. The van der Waals surface area contributed by atoms with Crippen LogP contribution in [0.1, 0.15) is 24.5 Å².